The molecule has 0 saturated heterocycles. The van der Waals surface area contributed by atoms with Crippen LogP contribution >= 0.6 is 0 Å². The Morgan fingerprint density at radius 3 is 2.88 bits per heavy atom. The minimum Gasteiger partial charge on any atom is -0.390 e. The van der Waals surface area contributed by atoms with Gasteiger partial charge in [0.1, 0.15) is 5.69 Å². The zero-order valence-electron chi connectivity index (χ0n) is 9.07. The van der Waals surface area contributed by atoms with Gasteiger partial charge < -0.3 is 5.11 Å². The van der Waals surface area contributed by atoms with Gasteiger partial charge in [-0.3, -0.25) is 10.1 Å². The van der Waals surface area contributed by atoms with Crippen LogP contribution in [0.15, 0.2) is 24.4 Å². The van der Waals surface area contributed by atoms with Crippen molar-refractivity contribution in [2.24, 2.45) is 0 Å². The van der Waals surface area contributed by atoms with Crippen molar-refractivity contribution in [3.8, 4) is 5.69 Å². The number of hydrogen-bond acceptors (Lipinski definition) is 5. The van der Waals surface area contributed by atoms with Crippen molar-refractivity contribution in [2.45, 2.75) is 13.5 Å². The first kappa shape index (κ1) is 11.2. The third kappa shape index (κ3) is 2.13. The molecule has 0 atom stereocenters. The molecule has 1 aromatic heterocycles. The number of aliphatic hydroxyl groups excluding tert-OH is 1. The number of rotatable bonds is 3. The van der Waals surface area contributed by atoms with Crippen molar-refractivity contribution in [2.75, 3.05) is 0 Å². The fraction of sp³-hybridized carbons (Fsp3) is 0.200. The standard InChI is InChI=1S/C10H10N4O3/c1-7-2-3-9(14(16)17)4-10(7)13-11-5-8(6-15)12-13/h2-5,15H,6H2,1H3. The van der Waals surface area contributed by atoms with Gasteiger partial charge in [0.2, 0.25) is 0 Å². The topological polar surface area (TPSA) is 94.1 Å². The second-order valence-corrected chi connectivity index (χ2v) is 3.51. The molecule has 1 N–H and O–H groups in total. The number of nitrogens with zero attached hydrogens (tertiary/aromatic N) is 4. The van der Waals surface area contributed by atoms with Crippen LogP contribution in [0.4, 0.5) is 5.69 Å². The van der Waals surface area contributed by atoms with E-state index >= 15 is 0 Å². The van der Waals surface area contributed by atoms with Gasteiger partial charge in [-0.1, -0.05) is 6.07 Å². The zero-order chi connectivity index (χ0) is 12.4. The monoisotopic (exact) mass is 234 g/mol. The average molecular weight is 234 g/mol. The maximum atomic E-state index is 10.7. The highest BCUT2D eigenvalue weighted by Gasteiger charge is 2.11. The molecule has 0 unspecified atom stereocenters. The Morgan fingerprint density at radius 2 is 2.29 bits per heavy atom. The Kier molecular flexibility index (Phi) is 2.84. The van der Waals surface area contributed by atoms with Gasteiger partial charge >= 0.3 is 0 Å². The lowest BCUT2D eigenvalue weighted by Gasteiger charge is -2.03. The van der Waals surface area contributed by atoms with Crippen molar-refractivity contribution >= 4 is 5.69 Å². The lowest BCUT2D eigenvalue weighted by molar-refractivity contribution is -0.384. The van der Waals surface area contributed by atoms with E-state index in [0.29, 0.717) is 11.4 Å². The average Bonchev–Trinajstić information content (AvgIpc) is 2.77. The molecule has 0 aliphatic heterocycles. The van der Waals surface area contributed by atoms with Crippen LogP contribution in [-0.2, 0) is 6.61 Å². The predicted octanol–water partition coefficient (Wildman–Crippen LogP) is 0.976. The minimum atomic E-state index is -0.473. The van der Waals surface area contributed by atoms with Crippen molar-refractivity contribution in [3.05, 3.63) is 45.8 Å². The first-order valence-electron chi connectivity index (χ1n) is 4.89. The molecule has 0 amide bonds. The molecule has 0 aliphatic rings. The number of aliphatic hydroxyl groups is 1. The summed E-state index contributed by atoms with van der Waals surface area (Å²) in [6, 6.07) is 4.46. The fourth-order valence-electron chi connectivity index (χ4n) is 1.41. The summed E-state index contributed by atoms with van der Waals surface area (Å²) < 4.78 is 0. The molecule has 0 bridgehead atoms. The Hall–Kier alpha value is -2.28. The van der Waals surface area contributed by atoms with Gasteiger partial charge in [0, 0.05) is 12.1 Å². The van der Waals surface area contributed by atoms with Gasteiger partial charge in [0.05, 0.1) is 23.4 Å². The third-order valence-corrected chi connectivity index (χ3v) is 2.32. The second-order valence-electron chi connectivity index (χ2n) is 3.51. The van der Waals surface area contributed by atoms with E-state index in [2.05, 4.69) is 10.2 Å². The lowest BCUT2D eigenvalue weighted by atomic mass is 10.2. The Morgan fingerprint density at radius 1 is 1.53 bits per heavy atom. The van der Waals surface area contributed by atoms with Gasteiger partial charge in [-0.25, -0.2) is 0 Å². The predicted molar refractivity (Wildman–Crippen MR) is 58.7 cm³/mol. The first-order valence-corrected chi connectivity index (χ1v) is 4.89. The van der Waals surface area contributed by atoms with Gasteiger partial charge in [0.15, 0.2) is 0 Å². The Labute approximate surface area is 96.5 Å². The highest BCUT2D eigenvalue weighted by Crippen LogP contribution is 2.19. The van der Waals surface area contributed by atoms with Crippen molar-refractivity contribution in [1.29, 1.82) is 0 Å². The molecule has 0 fully saturated rings. The number of nitro benzene ring substituents is 1. The van der Waals surface area contributed by atoms with E-state index in [1.54, 1.807) is 13.0 Å². The molecular weight excluding hydrogens is 224 g/mol. The van der Waals surface area contributed by atoms with Gasteiger partial charge in [-0.15, -0.1) is 0 Å². The normalized spacial score (nSPS) is 10.5. The number of aryl methyl sites for hydroxylation is 1. The molecule has 17 heavy (non-hydrogen) atoms. The summed E-state index contributed by atoms with van der Waals surface area (Å²) >= 11 is 0. The SMILES string of the molecule is Cc1ccc([N+](=O)[O-])cc1-n1ncc(CO)n1. The summed E-state index contributed by atoms with van der Waals surface area (Å²) in [4.78, 5) is 11.5. The summed E-state index contributed by atoms with van der Waals surface area (Å²) in [6.07, 6.45) is 1.41. The number of nitro groups is 1. The van der Waals surface area contributed by atoms with Crippen LogP contribution in [0.1, 0.15) is 11.3 Å². The molecular formula is C10H10N4O3. The summed E-state index contributed by atoms with van der Waals surface area (Å²) in [7, 11) is 0. The number of non-ortho nitro benzene ring substituents is 1. The van der Waals surface area contributed by atoms with Gasteiger partial charge in [-0.2, -0.15) is 15.0 Å². The van der Waals surface area contributed by atoms with Crippen molar-refractivity contribution in [3.63, 3.8) is 0 Å². The maximum absolute atomic E-state index is 10.7. The molecule has 0 radical (unpaired) electrons. The van der Waals surface area contributed by atoms with Crippen LogP contribution in [-0.4, -0.2) is 25.0 Å². The molecule has 7 heteroatoms. The van der Waals surface area contributed by atoms with Gasteiger partial charge in [-0.05, 0) is 12.5 Å². The smallest absolute Gasteiger partial charge is 0.271 e. The van der Waals surface area contributed by atoms with Crippen LogP contribution in [0, 0.1) is 17.0 Å². The first-order chi connectivity index (χ1) is 8.11. The van der Waals surface area contributed by atoms with Gasteiger partial charge in [0.25, 0.3) is 5.69 Å². The summed E-state index contributed by atoms with van der Waals surface area (Å²) in [5, 5.41) is 27.5. The van der Waals surface area contributed by atoms with Crippen LogP contribution in [0.2, 0.25) is 0 Å². The summed E-state index contributed by atoms with van der Waals surface area (Å²) in [5.41, 5.74) is 1.74. The van der Waals surface area contributed by atoms with E-state index in [1.807, 2.05) is 0 Å². The summed E-state index contributed by atoms with van der Waals surface area (Å²) in [5.74, 6) is 0. The lowest BCUT2D eigenvalue weighted by Crippen LogP contribution is -2.03. The molecule has 0 saturated carbocycles. The van der Waals surface area contributed by atoms with Crippen LogP contribution in [0.5, 0.6) is 0 Å². The summed E-state index contributed by atoms with van der Waals surface area (Å²) in [6.45, 7) is 1.59. The van der Waals surface area contributed by atoms with E-state index in [0.717, 1.165) is 5.56 Å². The van der Waals surface area contributed by atoms with Crippen molar-refractivity contribution < 1.29 is 10.0 Å². The van der Waals surface area contributed by atoms with E-state index in [-0.39, 0.29) is 12.3 Å². The molecule has 0 spiro atoms. The third-order valence-electron chi connectivity index (χ3n) is 2.32. The number of hydrogen-bond donors (Lipinski definition) is 1. The van der Waals surface area contributed by atoms with Crippen LogP contribution < -0.4 is 0 Å². The highest BCUT2D eigenvalue weighted by atomic mass is 16.6. The van der Waals surface area contributed by atoms with E-state index in [9.17, 15) is 10.1 Å². The highest BCUT2D eigenvalue weighted by molar-refractivity contribution is 5.47. The zero-order valence-corrected chi connectivity index (χ0v) is 9.07. The fourth-order valence-corrected chi connectivity index (χ4v) is 1.41. The molecule has 7 nitrogen and oxygen atoms in total. The number of benzene rings is 1. The minimum absolute atomic E-state index is 0.0200. The Bertz CT molecular complexity index is 564. The van der Waals surface area contributed by atoms with Crippen LogP contribution in [0.3, 0.4) is 0 Å². The maximum Gasteiger partial charge on any atom is 0.271 e. The molecule has 2 rings (SSSR count). The number of aromatic nitrogens is 3. The van der Waals surface area contributed by atoms with Crippen LogP contribution in [0.25, 0.3) is 5.69 Å². The molecule has 88 valence electrons. The molecule has 1 heterocycles. The molecule has 0 aliphatic carbocycles. The second kappa shape index (κ2) is 4.30. The largest absolute Gasteiger partial charge is 0.390 e. The quantitative estimate of drug-likeness (QED) is 0.631. The van der Waals surface area contributed by atoms with Crippen molar-refractivity contribution in [1.82, 2.24) is 15.0 Å². The van der Waals surface area contributed by atoms with E-state index in [4.69, 9.17) is 5.11 Å². The van der Waals surface area contributed by atoms with E-state index in [1.165, 1.54) is 23.1 Å². The molecule has 2 aromatic rings. The molecule has 1 aromatic carbocycles. The Balaban J connectivity index is 2.49. The van der Waals surface area contributed by atoms with E-state index < -0.39 is 4.92 Å².